The Bertz CT molecular complexity index is 362. The Morgan fingerprint density at radius 2 is 2.50 bits per heavy atom. The number of thioether (sulfide) groups is 1. The quantitative estimate of drug-likeness (QED) is 0.353. The molecule has 1 aromatic heterocycles. The van der Waals surface area contributed by atoms with Gasteiger partial charge in [-0.1, -0.05) is 16.9 Å². The topological polar surface area (TPSA) is 82.8 Å². The first kappa shape index (κ1) is 11.0. The average Bonchev–Trinajstić information content (AvgIpc) is 2.52. The Morgan fingerprint density at radius 3 is 2.93 bits per heavy atom. The molecule has 5 nitrogen and oxygen atoms in total. The van der Waals surface area contributed by atoms with Crippen LogP contribution in [0.3, 0.4) is 0 Å². The molecule has 1 heterocycles. The monoisotopic (exact) mass is 231 g/mol. The van der Waals surface area contributed by atoms with Gasteiger partial charge < -0.3 is 10.3 Å². The number of hydrogen-bond acceptors (Lipinski definition) is 6. The maximum Gasteiger partial charge on any atom is 0.354 e. The number of nitrogens with zero attached hydrogens (tertiary/aromatic N) is 2. The Hall–Kier alpha value is -1.08. The number of aromatic nitrogens is 1. The molecule has 75 valence electrons. The van der Waals surface area contributed by atoms with Gasteiger partial charge >= 0.3 is 5.97 Å². The molecule has 0 saturated heterocycles. The zero-order valence-corrected chi connectivity index (χ0v) is 8.85. The fourth-order valence-electron chi connectivity index (χ4n) is 0.625. The number of aryl methyl sites for hydroxylation is 1. The van der Waals surface area contributed by atoms with Gasteiger partial charge in [0.05, 0.1) is 16.8 Å². The van der Waals surface area contributed by atoms with Crippen molar-refractivity contribution >= 4 is 34.8 Å². The van der Waals surface area contributed by atoms with E-state index in [4.69, 9.17) is 10.3 Å². The SMILES string of the molecule is Cc1[c]sc(SCC(=NO)C(=O)O)n1. The van der Waals surface area contributed by atoms with E-state index in [0.717, 1.165) is 5.69 Å². The second kappa shape index (κ2) is 4.97. The third kappa shape index (κ3) is 3.00. The van der Waals surface area contributed by atoms with Gasteiger partial charge in [0.1, 0.15) is 0 Å². The summed E-state index contributed by atoms with van der Waals surface area (Å²) in [6, 6.07) is 0. The number of oxime groups is 1. The summed E-state index contributed by atoms with van der Waals surface area (Å²) < 4.78 is 0.713. The summed E-state index contributed by atoms with van der Waals surface area (Å²) in [7, 11) is 0. The van der Waals surface area contributed by atoms with Gasteiger partial charge in [0.25, 0.3) is 0 Å². The van der Waals surface area contributed by atoms with Gasteiger partial charge in [0.2, 0.25) is 0 Å². The van der Waals surface area contributed by atoms with Crippen LogP contribution < -0.4 is 0 Å². The second-order valence-corrected chi connectivity index (χ2v) is 4.33. The third-order valence-corrected chi connectivity index (χ3v) is 3.27. The number of hydrogen-bond donors (Lipinski definition) is 2. The lowest BCUT2D eigenvalue weighted by atomic mass is 10.4. The zero-order valence-electron chi connectivity index (χ0n) is 7.22. The fourth-order valence-corrected chi connectivity index (χ4v) is 2.27. The minimum absolute atomic E-state index is 0.0899. The summed E-state index contributed by atoms with van der Waals surface area (Å²) in [5, 5.41) is 22.4. The van der Waals surface area contributed by atoms with Gasteiger partial charge in [0, 0.05) is 0 Å². The highest BCUT2D eigenvalue weighted by molar-refractivity contribution is 8.01. The first-order valence-electron chi connectivity index (χ1n) is 3.55. The molecule has 14 heavy (non-hydrogen) atoms. The Labute approximate surface area is 88.5 Å². The van der Waals surface area contributed by atoms with Crippen LogP contribution in [0, 0.1) is 12.3 Å². The van der Waals surface area contributed by atoms with E-state index in [-0.39, 0.29) is 11.5 Å². The molecule has 0 aliphatic rings. The van der Waals surface area contributed by atoms with Gasteiger partial charge in [0.15, 0.2) is 10.1 Å². The zero-order chi connectivity index (χ0) is 10.6. The number of carbonyl (C=O) groups is 1. The van der Waals surface area contributed by atoms with E-state index in [1.54, 1.807) is 6.92 Å². The minimum Gasteiger partial charge on any atom is -0.477 e. The second-order valence-electron chi connectivity index (χ2n) is 2.31. The van der Waals surface area contributed by atoms with Crippen molar-refractivity contribution in [2.75, 3.05) is 5.75 Å². The van der Waals surface area contributed by atoms with Crippen LogP contribution in [0.1, 0.15) is 5.69 Å². The van der Waals surface area contributed by atoms with Crippen molar-refractivity contribution in [3.63, 3.8) is 0 Å². The number of aliphatic carboxylic acids is 1. The molecule has 0 aromatic carbocycles. The average molecular weight is 231 g/mol. The van der Waals surface area contributed by atoms with E-state index in [9.17, 15) is 4.79 Å². The predicted octanol–water partition coefficient (Wildman–Crippen LogP) is 1.26. The molecule has 0 unspecified atom stereocenters. The molecule has 1 radical (unpaired) electrons. The standard InChI is InChI=1S/C7H7N2O3S2/c1-4-2-13-7(8-4)14-3-5(9-12)6(10)11/h12H,3H2,1H3,(H,10,11). The molecule has 0 aliphatic heterocycles. The van der Waals surface area contributed by atoms with Crippen molar-refractivity contribution in [2.24, 2.45) is 5.16 Å². The van der Waals surface area contributed by atoms with Gasteiger partial charge in [-0.3, -0.25) is 0 Å². The molecular weight excluding hydrogens is 224 g/mol. The lowest BCUT2D eigenvalue weighted by Crippen LogP contribution is -2.15. The molecule has 0 bridgehead atoms. The molecule has 2 N–H and O–H groups in total. The smallest absolute Gasteiger partial charge is 0.354 e. The molecule has 0 amide bonds. The van der Waals surface area contributed by atoms with Crippen LogP contribution in [0.15, 0.2) is 9.50 Å². The number of thiazole rings is 1. The van der Waals surface area contributed by atoms with Crippen molar-refractivity contribution in [2.45, 2.75) is 11.3 Å². The van der Waals surface area contributed by atoms with Crippen LogP contribution in [0.5, 0.6) is 0 Å². The highest BCUT2D eigenvalue weighted by atomic mass is 32.2. The van der Waals surface area contributed by atoms with Crippen LogP contribution in [0.4, 0.5) is 0 Å². The lowest BCUT2D eigenvalue weighted by molar-refractivity contribution is -0.129. The predicted molar refractivity (Wildman–Crippen MR) is 53.3 cm³/mol. The number of rotatable bonds is 4. The van der Waals surface area contributed by atoms with Crippen molar-refractivity contribution in [1.29, 1.82) is 0 Å². The Kier molecular flexibility index (Phi) is 3.90. The minimum atomic E-state index is -1.22. The maximum atomic E-state index is 10.4. The van der Waals surface area contributed by atoms with Gasteiger partial charge in [-0.2, -0.15) is 0 Å². The Balaban J connectivity index is 2.52. The van der Waals surface area contributed by atoms with Crippen molar-refractivity contribution in [1.82, 2.24) is 4.98 Å². The molecule has 0 atom stereocenters. The molecule has 0 spiro atoms. The van der Waals surface area contributed by atoms with Crippen LogP contribution in [0.2, 0.25) is 0 Å². The van der Waals surface area contributed by atoms with Gasteiger partial charge in [-0.15, -0.1) is 11.3 Å². The van der Waals surface area contributed by atoms with Crippen molar-refractivity contribution in [3.05, 3.63) is 11.1 Å². The van der Waals surface area contributed by atoms with E-state index in [0.29, 0.717) is 4.34 Å². The summed E-state index contributed by atoms with van der Waals surface area (Å²) in [6.45, 7) is 1.80. The largest absolute Gasteiger partial charge is 0.477 e. The maximum absolute atomic E-state index is 10.4. The molecule has 0 saturated carbocycles. The van der Waals surface area contributed by atoms with Crippen molar-refractivity contribution < 1.29 is 15.1 Å². The molecule has 0 fully saturated rings. The van der Waals surface area contributed by atoms with E-state index >= 15 is 0 Å². The summed E-state index contributed by atoms with van der Waals surface area (Å²) in [5.74, 6) is -1.13. The normalized spacial score (nSPS) is 11.6. The number of carboxylic acid groups (broad SMARTS) is 1. The van der Waals surface area contributed by atoms with E-state index in [2.05, 4.69) is 15.5 Å². The fraction of sp³-hybridized carbons (Fsp3) is 0.286. The summed E-state index contributed by atoms with van der Waals surface area (Å²) in [5.41, 5.74) is 0.484. The van der Waals surface area contributed by atoms with Crippen molar-refractivity contribution in [3.8, 4) is 0 Å². The molecular formula is C7H7N2O3S2. The number of carboxylic acids is 1. The molecule has 1 rings (SSSR count). The van der Waals surface area contributed by atoms with E-state index in [1.807, 2.05) is 0 Å². The van der Waals surface area contributed by atoms with Crippen LogP contribution in [-0.4, -0.2) is 32.7 Å². The highest BCUT2D eigenvalue weighted by Crippen LogP contribution is 2.21. The first-order valence-corrected chi connectivity index (χ1v) is 5.36. The van der Waals surface area contributed by atoms with Crippen LogP contribution in [0.25, 0.3) is 0 Å². The summed E-state index contributed by atoms with van der Waals surface area (Å²) >= 11 is 2.52. The molecule has 1 aromatic rings. The summed E-state index contributed by atoms with van der Waals surface area (Å²) in [6.07, 6.45) is 0. The van der Waals surface area contributed by atoms with Gasteiger partial charge in [-0.25, -0.2) is 9.78 Å². The van der Waals surface area contributed by atoms with Gasteiger partial charge in [-0.05, 0) is 6.92 Å². The third-order valence-electron chi connectivity index (χ3n) is 1.24. The van der Waals surface area contributed by atoms with E-state index < -0.39 is 5.97 Å². The molecule has 0 aliphatic carbocycles. The Morgan fingerprint density at radius 1 is 1.79 bits per heavy atom. The lowest BCUT2D eigenvalue weighted by Gasteiger charge is -1.95. The van der Waals surface area contributed by atoms with Crippen LogP contribution >= 0.6 is 23.1 Å². The highest BCUT2D eigenvalue weighted by Gasteiger charge is 2.11. The van der Waals surface area contributed by atoms with E-state index in [1.165, 1.54) is 23.1 Å². The molecule has 7 heteroatoms. The summed E-state index contributed by atoms with van der Waals surface area (Å²) in [4.78, 5) is 14.5. The van der Waals surface area contributed by atoms with Crippen LogP contribution in [-0.2, 0) is 4.79 Å². The first-order chi connectivity index (χ1) is 6.63.